The van der Waals surface area contributed by atoms with Gasteiger partial charge in [0.25, 0.3) is 0 Å². The van der Waals surface area contributed by atoms with Gasteiger partial charge in [-0.2, -0.15) is 5.10 Å². The molecule has 0 saturated carbocycles. The van der Waals surface area contributed by atoms with E-state index < -0.39 is 11.6 Å². The van der Waals surface area contributed by atoms with Crippen LogP contribution in [0.25, 0.3) is 0 Å². The zero-order chi connectivity index (χ0) is 13.7. The van der Waals surface area contributed by atoms with Crippen LogP contribution in [0.5, 0.6) is 5.75 Å². The van der Waals surface area contributed by atoms with Crippen LogP contribution in [0.1, 0.15) is 11.1 Å². The van der Waals surface area contributed by atoms with Crippen molar-refractivity contribution >= 4 is 6.21 Å². The first-order valence-electron chi connectivity index (χ1n) is 5.59. The highest BCUT2D eigenvalue weighted by molar-refractivity contribution is 5.81. The predicted octanol–water partition coefficient (Wildman–Crippen LogP) is 2.84. The van der Waals surface area contributed by atoms with Gasteiger partial charge < -0.3 is 10.6 Å². The van der Waals surface area contributed by atoms with Gasteiger partial charge in [0.2, 0.25) is 0 Å². The topological polar surface area (TPSA) is 47.6 Å². The maximum absolute atomic E-state index is 13.0. The Hall–Kier alpha value is -2.43. The summed E-state index contributed by atoms with van der Waals surface area (Å²) in [7, 11) is 0. The molecule has 0 aliphatic rings. The molecule has 0 atom stereocenters. The molecule has 3 nitrogen and oxygen atoms in total. The van der Waals surface area contributed by atoms with Gasteiger partial charge in [0, 0.05) is 11.6 Å². The zero-order valence-electron chi connectivity index (χ0n) is 10.0. The summed E-state index contributed by atoms with van der Waals surface area (Å²) >= 11 is 0. The Morgan fingerprint density at radius 1 is 1.11 bits per heavy atom. The van der Waals surface area contributed by atoms with E-state index in [1.807, 2.05) is 24.3 Å². The largest absolute Gasteiger partial charge is 0.489 e. The van der Waals surface area contributed by atoms with Crippen molar-refractivity contribution < 1.29 is 13.5 Å². The van der Waals surface area contributed by atoms with Crippen LogP contribution < -0.4 is 10.6 Å². The van der Waals surface area contributed by atoms with Gasteiger partial charge in [-0.15, -0.1) is 0 Å². The highest BCUT2D eigenvalue weighted by atomic mass is 19.2. The van der Waals surface area contributed by atoms with Crippen molar-refractivity contribution in [2.24, 2.45) is 10.9 Å². The summed E-state index contributed by atoms with van der Waals surface area (Å²) in [4.78, 5) is 0. The Bertz CT molecular complexity index is 600. The van der Waals surface area contributed by atoms with Crippen molar-refractivity contribution in [3.05, 3.63) is 65.2 Å². The Balaban J connectivity index is 2.12. The average Bonchev–Trinajstić information content (AvgIpc) is 2.42. The van der Waals surface area contributed by atoms with E-state index >= 15 is 0 Å². The van der Waals surface area contributed by atoms with Gasteiger partial charge in [0.05, 0.1) is 6.21 Å². The summed E-state index contributed by atoms with van der Waals surface area (Å²) in [6, 6.07) is 10.8. The summed E-state index contributed by atoms with van der Waals surface area (Å²) in [5.74, 6) is 3.54. The molecule has 0 saturated heterocycles. The van der Waals surface area contributed by atoms with Crippen LogP contribution in [-0.2, 0) is 6.61 Å². The van der Waals surface area contributed by atoms with E-state index in [1.54, 1.807) is 0 Å². The third-order valence-electron chi connectivity index (χ3n) is 2.55. The molecule has 0 spiro atoms. The quantitative estimate of drug-likeness (QED) is 0.523. The lowest BCUT2D eigenvalue weighted by atomic mass is 10.1. The molecule has 0 unspecified atom stereocenters. The number of rotatable bonds is 4. The van der Waals surface area contributed by atoms with Gasteiger partial charge >= 0.3 is 0 Å². The van der Waals surface area contributed by atoms with Crippen molar-refractivity contribution in [1.82, 2.24) is 0 Å². The van der Waals surface area contributed by atoms with Crippen molar-refractivity contribution in [1.29, 1.82) is 0 Å². The summed E-state index contributed by atoms with van der Waals surface area (Å²) in [6.45, 7) is 0.216. The highest BCUT2D eigenvalue weighted by Crippen LogP contribution is 2.17. The second-order valence-corrected chi connectivity index (χ2v) is 3.84. The van der Waals surface area contributed by atoms with Crippen LogP contribution >= 0.6 is 0 Å². The molecule has 0 aliphatic heterocycles. The lowest BCUT2D eigenvalue weighted by molar-refractivity contribution is 0.303. The molecule has 2 N–H and O–H groups in total. The van der Waals surface area contributed by atoms with E-state index in [2.05, 4.69) is 5.10 Å². The number of benzene rings is 2. The van der Waals surface area contributed by atoms with Gasteiger partial charge in [-0.1, -0.05) is 24.3 Å². The normalized spacial score (nSPS) is 10.8. The minimum atomic E-state index is -0.936. The fourth-order valence-corrected chi connectivity index (χ4v) is 1.60. The zero-order valence-corrected chi connectivity index (χ0v) is 10.0. The molecule has 2 rings (SSSR count). The molecule has 2 aromatic carbocycles. The van der Waals surface area contributed by atoms with Crippen LogP contribution in [0.4, 0.5) is 8.78 Å². The standard InChI is InChI=1S/C14H12F2N2O/c15-13-6-5-12(7-14(13)16)19-9-11-4-2-1-3-10(11)8-18-17/h1-8H,9,17H2. The molecule has 0 radical (unpaired) electrons. The molecular formula is C14H12F2N2O. The van der Waals surface area contributed by atoms with E-state index in [0.717, 1.165) is 23.3 Å². The van der Waals surface area contributed by atoms with Gasteiger partial charge in [-0.05, 0) is 17.7 Å². The predicted molar refractivity (Wildman–Crippen MR) is 68.9 cm³/mol. The van der Waals surface area contributed by atoms with Crippen molar-refractivity contribution in [2.45, 2.75) is 6.61 Å². The van der Waals surface area contributed by atoms with Gasteiger partial charge in [-0.3, -0.25) is 0 Å². The van der Waals surface area contributed by atoms with Crippen molar-refractivity contribution in [3.8, 4) is 5.75 Å². The summed E-state index contributed by atoms with van der Waals surface area (Å²) < 4.78 is 31.2. The second kappa shape index (κ2) is 5.95. The Labute approximate surface area is 109 Å². The van der Waals surface area contributed by atoms with Crippen LogP contribution in [0.2, 0.25) is 0 Å². The smallest absolute Gasteiger partial charge is 0.162 e. The first-order chi connectivity index (χ1) is 9.20. The highest BCUT2D eigenvalue weighted by Gasteiger charge is 2.05. The van der Waals surface area contributed by atoms with Crippen LogP contribution in [0.15, 0.2) is 47.6 Å². The molecule has 0 aliphatic carbocycles. The number of nitrogens with two attached hydrogens (primary N) is 1. The van der Waals surface area contributed by atoms with E-state index in [4.69, 9.17) is 10.6 Å². The number of hydrogen-bond donors (Lipinski definition) is 1. The Kier molecular flexibility index (Phi) is 4.07. The summed E-state index contributed by atoms with van der Waals surface area (Å²) in [5.41, 5.74) is 1.66. The van der Waals surface area contributed by atoms with Crippen molar-refractivity contribution in [3.63, 3.8) is 0 Å². The number of ether oxygens (including phenoxy) is 1. The van der Waals surface area contributed by atoms with E-state index in [1.165, 1.54) is 12.3 Å². The van der Waals surface area contributed by atoms with Crippen molar-refractivity contribution in [2.75, 3.05) is 0 Å². The first kappa shape index (κ1) is 13.0. The van der Waals surface area contributed by atoms with E-state index in [-0.39, 0.29) is 12.4 Å². The SMILES string of the molecule is NN=Cc1ccccc1COc1ccc(F)c(F)c1. The molecule has 5 heteroatoms. The number of hydrogen-bond acceptors (Lipinski definition) is 3. The Morgan fingerprint density at radius 2 is 1.89 bits per heavy atom. The minimum absolute atomic E-state index is 0.216. The van der Waals surface area contributed by atoms with Crippen LogP contribution in [-0.4, -0.2) is 6.21 Å². The third kappa shape index (κ3) is 3.28. The van der Waals surface area contributed by atoms with Crippen LogP contribution in [0.3, 0.4) is 0 Å². The summed E-state index contributed by atoms with van der Waals surface area (Å²) in [5, 5.41) is 3.46. The molecule has 0 amide bonds. The number of nitrogens with zero attached hydrogens (tertiary/aromatic N) is 1. The molecule has 2 aromatic rings. The lowest BCUT2D eigenvalue weighted by Crippen LogP contribution is -2.01. The summed E-state index contributed by atoms with van der Waals surface area (Å²) in [6.07, 6.45) is 1.50. The molecule has 0 heterocycles. The number of halogens is 2. The molecule has 0 fully saturated rings. The molecule has 0 bridgehead atoms. The lowest BCUT2D eigenvalue weighted by Gasteiger charge is -2.08. The molecular weight excluding hydrogens is 250 g/mol. The van der Waals surface area contributed by atoms with Gasteiger partial charge in [0.15, 0.2) is 11.6 Å². The minimum Gasteiger partial charge on any atom is -0.489 e. The first-order valence-corrected chi connectivity index (χ1v) is 5.59. The maximum Gasteiger partial charge on any atom is 0.162 e. The fourth-order valence-electron chi connectivity index (χ4n) is 1.60. The maximum atomic E-state index is 13.0. The fraction of sp³-hybridized carbons (Fsp3) is 0.0714. The van der Waals surface area contributed by atoms with Gasteiger partial charge in [0.1, 0.15) is 12.4 Å². The van der Waals surface area contributed by atoms with E-state index in [0.29, 0.717) is 0 Å². The second-order valence-electron chi connectivity index (χ2n) is 3.84. The number of hydrazone groups is 1. The molecule has 0 aromatic heterocycles. The Morgan fingerprint density at radius 3 is 2.63 bits per heavy atom. The molecule has 98 valence electrons. The third-order valence-corrected chi connectivity index (χ3v) is 2.55. The monoisotopic (exact) mass is 262 g/mol. The van der Waals surface area contributed by atoms with Crippen LogP contribution in [0, 0.1) is 11.6 Å². The van der Waals surface area contributed by atoms with Gasteiger partial charge in [-0.25, -0.2) is 8.78 Å². The molecule has 19 heavy (non-hydrogen) atoms. The van der Waals surface area contributed by atoms with E-state index in [9.17, 15) is 8.78 Å². The average molecular weight is 262 g/mol.